The van der Waals surface area contributed by atoms with Gasteiger partial charge in [0.25, 0.3) is 0 Å². The summed E-state index contributed by atoms with van der Waals surface area (Å²) in [5, 5.41) is 15.9. The normalized spacial score (nSPS) is 10.4. The molecule has 0 saturated heterocycles. The number of nitrogens with zero attached hydrogens (tertiary/aromatic N) is 2. The van der Waals surface area contributed by atoms with Crippen LogP contribution in [0.3, 0.4) is 0 Å². The predicted molar refractivity (Wildman–Crippen MR) is 62.3 cm³/mol. The van der Waals surface area contributed by atoms with Gasteiger partial charge in [-0.15, -0.1) is 0 Å². The Labute approximate surface area is 103 Å². The van der Waals surface area contributed by atoms with Crippen LogP contribution in [0.2, 0.25) is 0 Å². The summed E-state index contributed by atoms with van der Waals surface area (Å²) in [5.74, 6) is 0.393. The number of phenols is 1. The topological polar surface area (TPSA) is 114 Å². The summed E-state index contributed by atoms with van der Waals surface area (Å²) in [6.07, 6.45) is 0. The van der Waals surface area contributed by atoms with Gasteiger partial charge in [0.2, 0.25) is 17.6 Å². The van der Waals surface area contributed by atoms with Crippen LogP contribution in [0, 0.1) is 0 Å². The second-order valence-corrected chi connectivity index (χ2v) is 3.63. The largest absolute Gasteiger partial charge is 0.508 e. The highest BCUT2D eigenvalue weighted by Gasteiger charge is 2.08. The molecule has 1 aromatic carbocycles. The first-order valence-corrected chi connectivity index (χ1v) is 5.26. The van der Waals surface area contributed by atoms with E-state index in [9.17, 15) is 9.90 Å². The van der Waals surface area contributed by atoms with E-state index in [1.165, 1.54) is 6.07 Å². The first-order valence-electron chi connectivity index (χ1n) is 5.26. The lowest BCUT2D eigenvalue weighted by molar-refractivity contribution is -0.117. The average Bonchev–Trinajstić information content (AvgIpc) is 2.77. The summed E-state index contributed by atoms with van der Waals surface area (Å²) in [7, 11) is 0. The molecule has 2 aromatic rings. The van der Waals surface area contributed by atoms with Crippen LogP contribution in [0.1, 0.15) is 5.89 Å². The zero-order chi connectivity index (χ0) is 13.0. The minimum absolute atomic E-state index is 0.0455. The number of carbonyl (C=O) groups is 1. The standard InChI is InChI=1S/C11H12N4O3/c12-9(17)5-13-6-10-14-11(15-18-10)7-2-1-3-8(16)4-7/h1-4,13,16H,5-6H2,(H2,12,17). The minimum atomic E-state index is -0.456. The molecule has 2 rings (SSSR count). The molecule has 0 saturated carbocycles. The maximum absolute atomic E-state index is 10.5. The van der Waals surface area contributed by atoms with Gasteiger partial charge in [-0.25, -0.2) is 0 Å². The Morgan fingerprint density at radius 1 is 1.50 bits per heavy atom. The third kappa shape index (κ3) is 3.05. The van der Waals surface area contributed by atoms with Crippen LogP contribution in [0.5, 0.6) is 5.75 Å². The van der Waals surface area contributed by atoms with Gasteiger partial charge in [-0.1, -0.05) is 17.3 Å². The molecule has 1 aromatic heterocycles. The van der Waals surface area contributed by atoms with E-state index in [0.717, 1.165) is 0 Å². The molecule has 0 aliphatic carbocycles. The zero-order valence-electron chi connectivity index (χ0n) is 9.46. The van der Waals surface area contributed by atoms with E-state index in [-0.39, 0.29) is 18.8 Å². The molecule has 0 fully saturated rings. The number of hydrogen-bond donors (Lipinski definition) is 3. The van der Waals surface area contributed by atoms with Crippen molar-refractivity contribution in [1.29, 1.82) is 0 Å². The van der Waals surface area contributed by atoms with E-state index in [2.05, 4.69) is 15.5 Å². The second-order valence-electron chi connectivity index (χ2n) is 3.63. The smallest absolute Gasteiger partial charge is 0.240 e. The monoisotopic (exact) mass is 248 g/mol. The molecular weight excluding hydrogens is 236 g/mol. The number of aromatic nitrogens is 2. The van der Waals surface area contributed by atoms with E-state index in [1.807, 2.05) is 0 Å². The number of hydrogen-bond acceptors (Lipinski definition) is 6. The highest BCUT2D eigenvalue weighted by atomic mass is 16.5. The van der Waals surface area contributed by atoms with Gasteiger partial charge in [-0.2, -0.15) is 4.98 Å². The molecule has 0 aliphatic heterocycles. The van der Waals surface area contributed by atoms with Gasteiger partial charge < -0.3 is 15.4 Å². The summed E-state index contributed by atoms with van der Waals surface area (Å²) < 4.78 is 4.98. The van der Waals surface area contributed by atoms with E-state index in [1.54, 1.807) is 18.2 Å². The van der Waals surface area contributed by atoms with Crippen molar-refractivity contribution in [2.75, 3.05) is 6.54 Å². The van der Waals surface area contributed by atoms with Crippen molar-refractivity contribution in [2.24, 2.45) is 5.73 Å². The average molecular weight is 248 g/mol. The van der Waals surface area contributed by atoms with Crippen molar-refractivity contribution in [1.82, 2.24) is 15.5 Å². The van der Waals surface area contributed by atoms with Crippen molar-refractivity contribution in [3.8, 4) is 17.1 Å². The summed E-state index contributed by atoms with van der Waals surface area (Å²) in [6, 6.07) is 6.53. The molecule has 0 atom stereocenters. The van der Waals surface area contributed by atoms with Crippen molar-refractivity contribution < 1.29 is 14.4 Å². The number of phenolic OH excluding ortho intramolecular Hbond substituents is 1. The lowest BCUT2D eigenvalue weighted by Crippen LogP contribution is -2.28. The Morgan fingerprint density at radius 3 is 3.06 bits per heavy atom. The van der Waals surface area contributed by atoms with Crippen molar-refractivity contribution in [3.63, 3.8) is 0 Å². The molecule has 0 aliphatic rings. The van der Waals surface area contributed by atoms with Crippen molar-refractivity contribution >= 4 is 5.91 Å². The molecule has 18 heavy (non-hydrogen) atoms. The summed E-state index contributed by atoms with van der Waals surface area (Å²) >= 11 is 0. The second kappa shape index (κ2) is 5.28. The van der Waals surface area contributed by atoms with E-state index in [4.69, 9.17) is 10.3 Å². The van der Waals surface area contributed by atoms with Crippen LogP contribution in [0.4, 0.5) is 0 Å². The Kier molecular flexibility index (Phi) is 3.54. The predicted octanol–water partition coefficient (Wildman–Crippen LogP) is 0.0171. The summed E-state index contributed by atoms with van der Waals surface area (Å²) in [6.45, 7) is 0.304. The van der Waals surface area contributed by atoms with Crippen molar-refractivity contribution in [3.05, 3.63) is 30.2 Å². The van der Waals surface area contributed by atoms with Crippen LogP contribution in [-0.2, 0) is 11.3 Å². The number of amides is 1. The maximum Gasteiger partial charge on any atom is 0.240 e. The molecule has 7 nitrogen and oxygen atoms in total. The Hall–Kier alpha value is -2.41. The Morgan fingerprint density at radius 2 is 2.33 bits per heavy atom. The molecule has 4 N–H and O–H groups in total. The maximum atomic E-state index is 10.5. The highest BCUT2D eigenvalue weighted by Crippen LogP contribution is 2.20. The van der Waals surface area contributed by atoms with Gasteiger partial charge in [0.05, 0.1) is 13.1 Å². The number of carbonyl (C=O) groups excluding carboxylic acids is 1. The molecule has 7 heteroatoms. The van der Waals surface area contributed by atoms with Crippen LogP contribution in [0.25, 0.3) is 11.4 Å². The van der Waals surface area contributed by atoms with Crippen LogP contribution in [-0.4, -0.2) is 27.7 Å². The van der Waals surface area contributed by atoms with Gasteiger partial charge in [0.15, 0.2) is 0 Å². The van der Waals surface area contributed by atoms with E-state index < -0.39 is 5.91 Å². The van der Waals surface area contributed by atoms with E-state index in [0.29, 0.717) is 17.3 Å². The highest BCUT2D eigenvalue weighted by molar-refractivity contribution is 5.75. The Bertz CT molecular complexity index is 553. The first kappa shape index (κ1) is 12.1. The zero-order valence-corrected chi connectivity index (χ0v) is 9.46. The van der Waals surface area contributed by atoms with Gasteiger partial charge in [-0.05, 0) is 12.1 Å². The number of benzene rings is 1. The van der Waals surface area contributed by atoms with Gasteiger partial charge in [0, 0.05) is 5.56 Å². The molecular formula is C11H12N4O3. The molecule has 0 unspecified atom stereocenters. The van der Waals surface area contributed by atoms with Crippen LogP contribution >= 0.6 is 0 Å². The third-order valence-electron chi connectivity index (χ3n) is 2.15. The minimum Gasteiger partial charge on any atom is -0.508 e. The number of nitrogens with two attached hydrogens (primary N) is 1. The lowest BCUT2D eigenvalue weighted by atomic mass is 10.2. The van der Waals surface area contributed by atoms with Crippen molar-refractivity contribution in [2.45, 2.75) is 6.54 Å². The van der Waals surface area contributed by atoms with Crippen LogP contribution < -0.4 is 11.1 Å². The molecule has 0 radical (unpaired) electrons. The van der Waals surface area contributed by atoms with Gasteiger partial charge >= 0.3 is 0 Å². The molecule has 0 spiro atoms. The molecule has 1 heterocycles. The molecule has 1 amide bonds. The molecule has 0 bridgehead atoms. The number of aromatic hydroxyl groups is 1. The van der Waals surface area contributed by atoms with Gasteiger partial charge in [0.1, 0.15) is 5.75 Å². The third-order valence-corrected chi connectivity index (χ3v) is 2.15. The summed E-state index contributed by atoms with van der Waals surface area (Å²) in [4.78, 5) is 14.6. The first-order chi connectivity index (χ1) is 8.65. The number of nitrogens with one attached hydrogen (secondary N) is 1. The fourth-order valence-electron chi connectivity index (χ4n) is 1.38. The molecule has 94 valence electrons. The van der Waals surface area contributed by atoms with Crippen LogP contribution in [0.15, 0.2) is 28.8 Å². The number of primary amides is 1. The Balaban J connectivity index is 2.04. The van der Waals surface area contributed by atoms with Gasteiger partial charge in [-0.3, -0.25) is 10.1 Å². The quantitative estimate of drug-likeness (QED) is 0.687. The fraction of sp³-hybridized carbons (Fsp3) is 0.182. The lowest BCUT2D eigenvalue weighted by Gasteiger charge is -1.96. The van der Waals surface area contributed by atoms with E-state index >= 15 is 0 Å². The number of rotatable bonds is 5. The SMILES string of the molecule is NC(=O)CNCc1nc(-c2cccc(O)c2)no1. The fourth-order valence-corrected chi connectivity index (χ4v) is 1.38. The summed E-state index contributed by atoms with van der Waals surface area (Å²) in [5.41, 5.74) is 5.63.